The Balaban J connectivity index is 4.32. The van der Waals surface area contributed by atoms with Crippen LogP contribution in [0.4, 0.5) is 0 Å². The van der Waals surface area contributed by atoms with Gasteiger partial charge in [0, 0.05) is 12.8 Å². The molecule has 0 aromatic rings. The molecule has 0 aliphatic heterocycles. The molecule has 0 radical (unpaired) electrons. The van der Waals surface area contributed by atoms with Crippen LogP contribution >= 0.6 is 7.82 Å². The highest BCUT2D eigenvalue weighted by atomic mass is 31.2. The molecule has 1 unspecified atom stereocenters. The normalized spacial score (nSPS) is 14.0. The number of carbonyl (C=O) groups is 3. The Hall–Kier alpha value is -2.56. The number of phosphoric ester groups is 1. The average Bonchev–Trinajstić information content (AvgIpc) is 3.25. The second kappa shape index (κ2) is 45.0. The summed E-state index contributed by atoms with van der Waals surface area (Å²) in [5.41, 5.74) is 5.34. The highest BCUT2D eigenvalue weighted by Crippen LogP contribution is 2.43. The van der Waals surface area contributed by atoms with E-state index in [0.29, 0.717) is 19.3 Å². The van der Waals surface area contributed by atoms with Crippen molar-refractivity contribution < 1.29 is 47.5 Å². The van der Waals surface area contributed by atoms with Gasteiger partial charge in [0.2, 0.25) is 0 Å². The van der Waals surface area contributed by atoms with E-state index in [2.05, 4.69) is 54.8 Å². The van der Waals surface area contributed by atoms with Crippen LogP contribution in [0.25, 0.3) is 0 Å². The molecule has 3 atom stereocenters. The van der Waals surface area contributed by atoms with Crippen molar-refractivity contribution in [3.8, 4) is 0 Å². The van der Waals surface area contributed by atoms with E-state index in [4.69, 9.17) is 24.8 Å². The largest absolute Gasteiger partial charge is 0.480 e. The first-order valence-electron chi connectivity index (χ1n) is 24.7. The molecule has 0 saturated heterocycles. The Morgan fingerprint density at radius 2 is 0.871 bits per heavy atom. The molecule has 62 heavy (non-hydrogen) atoms. The number of carboxylic acids is 1. The van der Waals surface area contributed by atoms with E-state index in [1.807, 2.05) is 12.2 Å². The average molecular weight is 896 g/mol. The van der Waals surface area contributed by atoms with Gasteiger partial charge in [-0.15, -0.1) is 0 Å². The summed E-state index contributed by atoms with van der Waals surface area (Å²) >= 11 is 0. The molecular weight excluding hydrogens is 806 g/mol. The summed E-state index contributed by atoms with van der Waals surface area (Å²) in [6.45, 7) is 2.76. The molecule has 12 heteroatoms. The molecule has 0 aliphatic carbocycles. The van der Waals surface area contributed by atoms with Gasteiger partial charge < -0.3 is 25.2 Å². The number of rotatable bonds is 46. The van der Waals surface area contributed by atoms with Crippen LogP contribution in [0.3, 0.4) is 0 Å². The molecule has 0 aliphatic rings. The fourth-order valence-corrected chi connectivity index (χ4v) is 7.44. The first kappa shape index (κ1) is 59.4. The van der Waals surface area contributed by atoms with Crippen molar-refractivity contribution in [1.82, 2.24) is 0 Å². The minimum Gasteiger partial charge on any atom is -0.480 e. The van der Waals surface area contributed by atoms with Crippen LogP contribution in [0.5, 0.6) is 0 Å². The lowest BCUT2D eigenvalue weighted by atomic mass is 10.0. The maximum Gasteiger partial charge on any atom is 0.472 e. The number of esters is 2. The summed E-state index contributed by atoms with van der Waals surface area (Å²) in [6.07, 6.45) is 51.8. The number of ether oxygens (including phenoxy) is 2. The van der Waals surface area contributed by atoms with E-state index < -0.39 is 51.1 Å². The lowest BCUT2D eigenvalue weighted by Gasteiger charge is -2.20. The molecule has 0 heterocycles. The Morgan fingerprint density at radius 1 is 0.500 bits per heavy atom. The molecule has 0 aromatic heterocycles. The number of carbonyl (C=O) groups excluding carboxylic acids is 2. The summed E-state index contributed by atoms with van der Waals surface area (Å²) < 4.78 is 32.7. The van der Waals surface area contributed by atoms with Gasteiger partial charge in [0.25, 0.3) is 0 Å². The second-order valence-corrected chi connectivity index (χ2v) is 18.0. The zero-order chi connectivity index (χ0) is 45.6. The van der Waals surface area contributed by atoms with Crippen molar-refractivity contribution >= 4 is 25.7 Å². The number of phosphoric acid groups is 1. The minimum atomic E-state index is -4.73. The fourth-order valence-electron chi connectivity index (χ4n) is 6.66. The van der Waals surface area contributed by atoms with Crippen molar-refractivity contribution in [2.24, 2.45) is 5.73 Å². The van der Waals surface area contributed by atoms with Crippen LogP contribution in [0.1, 0.15) is 219 Å². The van der Waals surface area contributed by atoms with E-state index in [-0.39, 0.29) is 19.4 Å². The molecule has 0 spiro atoms. The van der Waals surface area contributed by atoms with Crippen LogP contribution in [-0.4, -0.2) is 59.9 Å². The highest BCUT2D eigenvalue weighted by Gasteiger charge is 2.28. The number of nitrogens with two attached hydrogens (primary N) is 1. The van der Waals surface area contributed by atoms with Crippen LogP contribution in [0.15, 0.2) is 48.6 Å². The Kier molecular flexibility index (Phi) is 43.2. The summed E-state index contributed by atoms with van der Waals surface area (Å²) in [4.78, 5) is 46.1. The molecule has 0 saturated carbocycles. The number of unbranched alkanes of at least 4 members (excludes halogenated alkanes) is 24. The quantitative estimate of drug-likeness (QED) is 0.0230. The fraction of sp³-hybridized carbons (Fsp3) is 0.780. The lowest BCUT2D eigenvalue weighted by Crippen LogP contribution is -2.34. The topological polar surface area (TPSA) is 172 Å². The second-order valence-electron chi connectivity index (χ2n) is 16.6. The number of allylic oxidation sites excluding steroid dienone is 8. The van der Waals surface area contributed by atoms with E-state index in [1.165, 1.54) is 135 Å². The molecular formula is C50H90NO10P. The van der Waals surface area contributed by atoms with Crippen molar-refractivity contribution in [2.45, 2.75) is 231 Å². The van der Waals surface area contributed by atoms with Gasteiger partial charge in [0.15, 0.2) is 6.10 Å². The van der Waals surface area contributed by atoms with Gasteiger partial charge in [0.1, 0.15) is 12.6 Å². The van der Waals surface area contributed by atoms with Gasteiger partial charge in [-0.05, 0) is 70.6 Å². The summed E-state index contributed by atoms with van der Waals surface area (Å²) in [5, 5.41) is 8.91. The maximum atomic E-state index is 12.6. The van der Waals surface area contributed by atoms with E-state index in [0.717, 1.165) is 38.5 Å². The Morgan fingerprint density at radius 3 is 1.34 bits per heavy atom. The molecule has 360 valence electrons. The van der Waals surface area contributed by atoms with E-state index in [9.17, 15) is 23.8 Å². The Bertz CT molecular complexity index is 1240. The first-order chi connectivity index (χ1) is 30.1. The van der Waals surface area contributed by atoms with Gasteiger partial charge >= 0.3 is 25.7 Å². The van der Waals surface area contributed by atoms with Crippen LogP contribution < -0.4 is 5.73 Å². The van der Waals surface area contributed by atoms with Gasteiger partial charge in [-0.3, -0.25) is 23.4 Å². The molecule has 0 rings (SSSR count). The van der Waals surface area contributed by atoms with Gasteiger partial charge in [-0.1, -0.05) is 184 Å². The van der Waals surface area contributed by atoms with Gasteiger partial charge in [-0.25, -0.2) is 4.57 Å². The molecule has 0 fully saturated rings. The third-order valence-electron chi connectivity index (χ3n) is 10.5. The number of hydrogen-bond donors (Lipinski definition) is 3. The molecule has 0 aromatic carbocycles. The molecule has 0 amide bonds. The van der Waals surface area contributed by atoms with Gasteiger partial charge in [-0.2, -0.15) is 0 Å². The number of aliphatic carboxylic acids is 1. The molecule has 11 nitrogen and oxygen atoms in total. The van der Waals surface area contributed by atoms with Crippen molar-refractivity contribution in [3.63, 3.8) is 0 Å². The van der Waals surface area contributed by atoms with E-state index >= 15 is 0 Å². The smallest absolute Gasteiger partial charge is 0.472 e. The SMILES string of the molecule is CCCCCCCC/C=C/C/C=C/C/C=C/CCCC(=O)O[C@H](COC(=O)CCCCCCCCCCCCC/C=C/CCCCCCCC)COP(=O)(O)OC[C@H](N)C(=O)O. The summed E-state index contributed by atoms with van der Waals surface area (Å²) in [5.74, 6) is -2.44. The number of carboxylic acid groups (broad SMARTS) is 1. The zero-order valence-electron chi connectivity index (χ0n) is 39.2. The zero-order valence-corrected chi connectivity index (χ0v) is 40.1. The number of hydrogen-bond acceptors (Lipinski definition) is 9. The lowest BCUT2D eigenvalue weighted by molar-refractivity contribution is -0.161. The van der Waals surface area contributed by atoms with Crippen molar-refractivity contribution in [3.05, 3.63) is 48.6 Å². The first-order valence-corrected chi connectivity index (χ1v) is 26.2. The predicted octanol–water partition coefficient (Wildman–Crippen LogP) is 13.7. The summed E-state index contributed by atoms with van der Waals surface area (Å²) in [6, 6.07) is -1.53. The highest BCUT2D eigenvalue weighted by molar-refractivity contribution is 7.47. The third kappa shape index (κ3) is 44.1. The third-order valence-corrected chi connectivity index (χ3v) is 11.5. The molecule has 0 bridgehead atoms. The van der Waals surface area contributed by atoms with Gasteiger partial charge in [0.05, 0.1) is 13.2 Å². The van der Waals surface area contributed by atoms with Crippen molar-refractivity contribution in [1.29, 1.82) is 0 Å². The van der Waals surface area contributed by atoms with Crippen LogP contribution in [0, 0.1) is 0 Å². The summed E-state index contributed by atoms with van der Waals surface area (Å²) in [7, 11) is -4.73. The molecule has 4 N–H and O–H groups in total. The Labute approximate surface area is 377 Å². The van der Waals surface area contributed by atoms with Crippen LogP contribution in [-0.2, 0) is 37.5 Å². The van der Waals surface area contributed by atoms with Crippen molar-refractivity contribution in [2.75, 3.05) is 19.8 Å². The maximum absolute atomic E-state index is 12.6. The monoisotopic (exact) mass is 896 g/mol. The minimum absolute atomic E-state index is 0.0893. The van der Waals surface area contributed by atoms with Crippen LogP contribution in [0.2, 0.25) is 0 Å². The predicted molar refractivity (Wildman–Crippen MR) is 254 cm³/mol. The van der Waals surface area contributed by atoms with E-state index in [1.54, 1.807) is 0 Å². The standard InChI is InChI=1S/C50H90NO10P/c1-3-5-7-9-11-13-15-17-19-21-22-23-24-26-27-29-31-33-35-37-39-41-48(52)58-43-46(44-59-62(56,57)60-45-47(51)50(54)55)61-49(53)42-40-38-36-34-32-30-28-25-20-18-16-14-12-10-8-6-4-2/h17-20,28,30,34,36,46-47H,3-16,21-27,29,31-33,35,37-45,51H2,1-2H3,(H,54,55)(H,56,57)/b19-17+,20-18+,30-28+,36-34+/t46-,47+/m1/s1.